The van der Waals surface area contributed by atoms with Crippen LogP contribution in [0.2, 0.25) is 0 Å². The Labute approximate surface area is 118 Å². The molecule has 1 aliphatic heterocycles. The maximum absolute atomic E-state index is 12.1. The fourth-order valence-electron chi connectivity index (χ4n) is 1.98. The molecule has 0 saturated heterocycles. The van der Waals surface area contributed by atoms with E-state index in [9.17, 15) is 4.79 Å². The van der Waals surface area contributed by atoms with Crippen molar-refractivity contribution >= 4 is 27.7 Å². The van der Waals surface area contributed by atoms with E-state index in [1.807, 2.05) is 30.3 Å². The summed E-state index contributed by atoms with van der Waals surface area (Å²) >= 11 is 3.30. The van der Waals surface area contributed by atoms with Crippen molar-refractivity contribution < 1.29 is 9.53 Å². The predicted molar refractivity (Wildman–Crippen MR) is 75.1 cm³/mol. The molecule has 0 spiro atoms. The van der Waals surface area contributed by atoms with Gasteiger partial charge in [-0.15, -0.1) is 0 Å². The van der Waals surface area contributed by atoms with E-state index in [0.29, 0.717) is 12.2 Å². The zero-order valence-corrected chi connectivity index (χ0v) is 11.6. The maximum atomic E-state index is 12.1. The minimum Gasteiger partial charge on any atom is -0.480 e. The van der Waals surface area contributed by atoms with Crippen LogP contribution in [0.1, 0.15) is 5.56 Å². The van der Waals surface area contributed by atoms with Crippen LogP contribution in [-0.4, -0.2) is 17.0 Å². The van der Waals surface area contributed by atoms with Gasteiger partial charge >= 0.3 is 0 Å². The Morgan fingerprint density at radius 3 is 2.89 bits per heavy atom. The van der Waals surface area contributed by atoms with Crippen LogP contribution < -0.4 is 10.1 Å². The zero-order valence-electron chi connectivity index (χ0n) is 9.97. The summed E-state index contributed by atoms with van der Waals surface area (Å²) in [4.78, 5) is 16.2. The minimum absolute atomic E-state index is 0.175. The molecular weight excluding hydrogens is 308 g/mol. The molecule has 4 nitrogen and oxygen atoms in total. The van der Waals surface area contributed by atoms with Gasteiger partial charge in [0.05, 0.1) is 0 Å². The number of aromatic nitrogens is 1. The van der Waals surface area contributed by atoms with Crippen LogP contribution in [0.4, 0.5) is 5.82 Å². The number of hydrogen-bond acceptors (Lipinski definition) is 3. The lowest BCUT2D eigenvalue weighted by Gasteiger charge is -2.10. The normalized spacial score (nSPS) is 16.6. The largest absolute Gasteiger partial charge is 0.480 e. The Hall–Kier alpha value is -1.88. The number of nitrogens with one attached hydrogen (secondary N) is 1. The maximum Gasteiger partial charge on any atom is 0.266 e. The number of fused-ring (bicyclic) bond motifs is 1. The first-order chi connectivity index (χ1) is 9.22. The highest BCUT2D eigenvalue weighted by Crippen LogP contribution is 2.28. The lowest BCUT2D eigenvalue weighted by Crippen LogP contribution is -2.31. The summed E-state index contributed by atoms with van der Waals surface area (Å²) in [5.74, 6) is 1.13. The van der Waals surface area contributed by atoms with Gasteiger partial charge < -0.3 is 10.1 Å². The van der Waals surface area contributed by atoms with Gasteiger partial charge in [0.25, 0.3) is 5.91 Å². The molecule has 19 heavy (non-hydrogen) atoms. The first kappa shape index (κ1) is 12.2. The molecule has 1 aromatic heterocycles. The van der Waals surface area contributed by atoms with Crippen LogP contribution in [0.5, 0.6) is 5.75 Å². The van der Waals surface area contributed by atoms with E-state index in [1.165, 1.54) is 0 Å². The lowest BCUT2D eigenvalue weighted by atomic mass is 10.1. The van der Waals surface area contributed by atoms with E-state index in [4.69, 9.17) is 4.74 Å². The molecule has 2 heterocycles. The third-order valence-corrected chi connectivity index (χ3v) is 3.39. The van der Waals surface area contributed by atoms with E-state index in [0.717, 1.165) is 15.8 Å². The van der Waals surface area contributed by atoms with Gasteiger partial charge in [-0.1, -0.05) is 18.2 Å². The number of carbonyl (C=O) groups is 1. The number of hydrogen-bond donors (Lipinski definition) is 1. The van der Waals surface area contributed by atoms with Crippen molar-refractivity contribution in [2.24, 2.45) is 0 Å². The van der Waals surface area contributed by atoms with Crippen molar-refractivity contribution in [1.82, 2.24) is 4.98 Å². The Bertz CT molecular complexity index is 588. The van der Waals surface area contributed by atoms with E-state index in [-0.39, 0.29) is 5.91 Å². The van der Waals surface area contributed by atoms with E-state index < -0.39 is 6.10 Å². The first-order valence-electron chi connectivity index (χ1n) is 5.89. The van der Waals surface area contributed by atoms with Crippen LogP contribution in [0.25, 0.3) is 0 Å². The minimum atomic E-state index is -0.483. The molecule has 3 rings (SSSR count). The van der Waals surface area contributed by atoms with Crippen LogP contribution in [0, 0.1) is 0 Å². The molecule has 1 N–H and O–H groups in total. The van der Waals surface area contributed by atoms with Gasteiger partial charge in [0.15, 0.2) is 6.10 Å². The Morgan fingerprint density at radius 1 is 1.32 bits per heavy atom. The first-order valence-corrected chi connectivity index (χ1v) is 6.68. The smallest absolute Gasteiger partial charge is 0.266 e. The highest BCUT2D eigenvalue weighted by Gasteiger charge is 2.28. The molecule has 0 aliphatic carbocycles. The number of para-hydroxylation sites is 1. The number of anilines is 1. The molecule has 1 atom stereocenters. The SMILES string of the molecule is O=C(Nc1ccc(Br)cn1)C1Cc2ccccc2O1. The van der Waals surface area contributed by atoms with Crippen LogP contribution in [0.15, 0.2) is 47.1 Å². The number of amides is 1. The average molecular weight is 319 g/mol. The third-order valence-electron chi connectivity index (χ3n) is 2.92. The number of rotatable bonds is 2. The van der Waals surface area contributed by atoms with Crippen molar-refractivity contribution in [3.63, 3.8) is 0 Å². The Morgan fingerprint density at radius 2 is 2.16 bits per heavy atom. The van der Waals surface area contributed by atoms with Gasteiger partial charge in [0.2, 0.25) is 0 Å². The second-order valence-corrected chi connectivity index (χ2v) is 5.18. The molecule has 5 heteroatoms. The quantitative estimate of drug-likeness (QED) is 0.926. The van der Waals surface area contributed by atoms with Crippen molar-refractivity contribution in [1.29, 1.82) is 0 Å². The topological polar surface area (TPSA) is 51.2 Å². The third kappa shape index (κ3) is 2.61. The molecule has 0 radical (unpaired) electrons. The zero-order chi connectivity index (χ0) is 13.2. The Kier molecular flexibility index (Phi) is 3.21. The molecule has 1 aromatic carbocycles. The monoisotopic (exact) mass is 318 g/mol. The van der Waals surface area contributed by atoms with Crippen molar-refractivity contribution in [2.45, 2.75) is 12.5 Å². The average Bonchev–Trinajstić information content (AvgIpc) is 2.85. The van der Waals surface area contributed by atoms with Gasteiger partial charge in [-0.3, -0.25) is 4.79 Å². The van der Waals surface area contributed by atoms with Crippen LogP contribution in [0.3, 0.4) is 0 Å². The molecule has 2 aromatic rings. The second kappa shape index (κ2) is 5.01. The van der Waals surface area contributed by atoms with Gasteiger partial charge in [0, 0.05) is 17.1 Å². The second-order valence-electron chi connectivity index (χ2n) is 4.27. The summed E-state index contributed by atoms with van der Waals surface area (Å²) in [5.41, 5.74) is 1.06. The van der Waals surface area contributed by atoms with Gasteiger partial charge in [0.1, 0.15) is 11.6 Å². The molecule has 1 amide bonds. The Balaban J connectivity index is 1.68. The summed E-state index contributed by atoms with van der Waals surface area (Å²) < 4.78 is 6.49. The molecular formula is C14H11BrN2O2. The van der Waals surface area contributed by atoms with Gasteiger partial charge in [-0.25, -0.2) is 4.98 Å². The molecule has 0 saturated carbocycles. The van der Waals surface area contributed by atoms with Gasteiger partial charge in [-0.2, -0.15) is 0 Å². The molecule has 0 fully saturated rings. The molecule has 1 unspecified atom stereocenters. The van der Waals surface area contributed by atoms with E-state index >= 15 is 0 Å². The van der Waals surface area contributed by atoms with Gasteiger partial charge in [-0.05, 0) is 39.7 Å². The molecule has 0 bridgehead atoms. The van der Waals surface area contributed by atoms with Crippen molar-refractivity contribution in [2.75, 3.05) is 5.32 Å². The standard InChI is InChI=1S/C14H11BrN2O2/c15-10-5-6-13(16-8-10)17-14(18)12-7-9-3-1-2-4-11(9)19-12/h1-6,8,12H,7H2,(H,16,17,18). The van der Waals surface area contributed by atoms with E-state index in [1.54, 1.807) is 12.3 Å². The number of nitrogens with zero attached hydrogens (tertiary/aromatic N) is 1. The highest BCUT2D eigenvalue weighted by atomic mass is 79.9. The summed E-state index contributed by atoms with van der Waals surface area (Å²) in [5, 5.41) is 2.75. The summed E-state index contributed by atoms with van der Waals surface area (Å²) in [6.07, 6.45) is 1.75. The fraction of sp³-hybridized carbons (Fsp3) is 0.143. The molecule has 1 aliphatic rings. The fourth-order valence-corrected chi connectivity index (χ4v) is 2.22. The summed E-state index contributed by atoms with van der Waals surface area (Å²) in [6, 6.07) is 11.3. The summed E-state index contributed by atoms with van der Waals surface area (Å²) in [6.45, 7) is 0. The number of ether oxygens (including phenoxy) is 1. The van der Waals surface area contributed by atoms with Crippen molar-refractivity contribution in [3.05, 3.63) is 52.6 Å². The number of carbonyl (C=O) groups excluding carboxylic acids is 1. The summed E-state index contributed by atoms with van der Waals surface area (Å²) in [7, 11) is 0. The highest BCUT2D eigenvalue weighted by molar-refractivity contribution is 9.10. The van der Waals surface area contributed by atoms with Crippen molar-refractivity contribution in [3.8, 4) is 5.75 Å². The van der Waals surface area contributed by atoms with Crippen LogP contribution in [-0.2, 0) is 11.2 Å². The number of benzene rings is 1. The molecule has 96 valence electrons. The van der Waals surface area contributed by atoms with Crippen LogP contribution >= 0.6 is 15.9 Å². The number of pyridine rings is 1. The predicted octanol–water partition coefficient (Wildman–Crippen LogP) is 2.79. The lowest BCUT2D eigenvalue weighted by molar-refractivity contribution is -0.122. The number of halogens is 1. The van der Waals surface area contributed by atoms with E-state index in [2.05, 4.69) is 26.2 Å².